The van der Waals surface area contributed by atoms with Gasteiger partial charge in [0.1, 0.15) is 5.82 Å². The van der Waals surface area contributed by atoms with E-state index in [2.05, 4.69) is 9.88 Å². The first-order valence-corrected chi connectivity index (χ1v) is 9.88. The summed E-state index contributed by atoms with van der Waals surface area (Å²) in [6, 6.07) is 9.24. The number of fused-ring (bicyclic) bond motifs is 1. The van der Waals surface area contributed by atoms with E-state index in [4.69, 9.17) is 4.98 Å². The standard InChI is InChI=1S/C22H21F3N4/c23-22(24,25)17-5-7-18(8-6-17)29-10-1-2-19(29)14-28-11-9-20-16(13-28)12-26-21(27-20)15-3-4-15/h1-2,5-8,10,12,15H,3-4,9,11,13-14H2. The smallest absolute Gasteiger partial charge is 0.320 e. The highest BCUT2D eigenvalue weighted by atomic mass is 19.4. The lowest BCUT2D eigenvalue weighted by Crippen LogP contribution is -2.31. The maximum Gasteiger partial charge on any atom is 0.416 e. The van der Waals surface area contributed by atoms with E-state index in [9.17, 15) is 13.2 Å². The molecule has 5 rings (SSSR count). The summed E-state index contributed by atoms with van der Waals surface area (Å²) in [5, 5.41) is 0. The molecule has 0 radical (unpaired) electrons. The molecule has 7 heteroatoms. The van der Waals surface area contributed by atoms with Gasteiger partial charge in [-0.3, -0.25) is 4.90 Å². The van der Waals surface area contributed by atoms with Crippen molar-refractivity contribution < 1.29 is 13.2 Å². The van der Waals surface area contributed by atoms with Crippen molar-refractivity contribution in [2.45, 2.75) is 44.4 Å². The molecule has 3 aromatic rings. The fourth-order valence-corrected chi connectivity index (χ4v) is 3.90. The van der Waals surface area contributed by atoms with Gasteiger partial charge in [-0.25, -0.2) is 9.97 Å². The van der Waals surface area contributed by atoms with Crippen LogP contribution < -0.4 is 0 Å². The van der Waals surface area contributed by atoms with Crippen molar-refractivity contribution in [1.29, 1.82) is 0 Å². The minimum Gasteiger partial charge on any atom is -0.320 e. The Balaban J connectivity index is 1.31. The highest BCUT2D eigenvalue weighted by molar-refractivity contribution is 5.38. The number of rotatable bonds is 4. The van der Waals surface area contributed by atoms with E-state index in [1.165, 1.54) is 30.5 Å². The third-order valence-electron chi connectivity index (χ3n) is 5.67. The third kappa shape index (κ3) is 3.79. The molecule has 1 aromatic carbocycles. The van der Waals surface area contributed by atoms with Crippen LogP contribution in [-0.4, -0.2) is 26.0 Å². The van der Waals surface area contributed by atoms with Gasteiger partial charge in [0, 0.05) is 67.0 Å². The summed E-state index contributed by atoms with van der Waals surface area (Å²) >= 11 is 0. The van der Waals surface area contributed by atoms with E-state index in [1.807, 2.05) is 29.1 Å². The van der Waals surface area contributed by atoms with E-state index in [0.29, 0.717) is 5.92 Å². The maximum atomic E-state index is 12.8. The Bertz CT molecular complexity index is 1020. The molecule has 0 N–H and O–H groups in total. The van der Waals surface area contributed by atoms with Crippen LogP contribution in [-0.2, 0) is 25.7 Å². The van der Waals surface area contributed by atoms with Crippen LogP contribution in [0.15, 0.2) is 48.8 Å². The van der Waals surface area contributed by atoms with E-state index >= 15 is 0 Å². The molecule has 0 bridgehead atoms. The van der Waals surface area contributed by atoms with Crippen LogP contribution in [0, 0.1) is 0 Å². The van der Waals surface area contributed by atoms with Crippen molar-refractivity contribution in [3.63, 3.8) is 0 Å². The molecule has 1 aliphatic heterocycles. The number of halogens is 3. The average Bonchev–Trinajstić information content (AvgIpc) is 3.46. The van der Waals surface area contributed by atoms with Gasteiger partial charge in [-0.15, -0.1) is 0 Å². The third-order valence-corrected chi connectivity index (χ3v) is 5.67. The number of hydrogen-bond donors (Lipinski definition) is 0. The molecule has 1 fully saturated rings. The molecule has 0 atom stereocenters. The molecule has 0 unspecified atom stereocenters. The SMILES string of the molecule is FC(F)(F)c1ccc(-n2cccc2CN2CCc3nc(C4CC4)ncc3C2)cc1. The van der Waals surface area contributed by atoms with E-state index < -0.39 is 11.7 Å². The van der Waals surface area contributed by atoms with Crippen molar-refractivity contribution >= 4 is 0 Å². The second-order valence-corrected chi connectivity index (χ2v) is 7.85. The van der Waals surface area contributed by atoms with Crippen LogP contribution in [0.25, 0.3) is 5.69 Å². The van der Waals surface area contributed by atoms with Crippen molar-refractivity contribution in [3.8, 4) is 5.69 Å². The molecule has 2 aromatic heterocycles. The van der Waals surface area contributed by atoms with Gasteiger partial charge in [0.05, 0.1) is 5.56 Å². The highest BCUT2D eigenvalue weighted by Gasteiger charge is 2.30. The molecule has 29 heavy (non-hydrogen) atoms. The topological polar surface area (TPSA) is 34.0 Å². The van der Waals surface area contributed by atoms with Gasteiger partial charge < -0.3 is 4.57 Å². The summed E-state index contributed by atoms with van der Waals surface area (Å²) in [6.07, 6.45) is 2.84. The van der Waals surface area contributed by atoms with Gasteiger partial charge in [-0.1, -0.05) is 0 Å². The zero-order valence-electron chi connectivity index (χ0n) is 15.9. The number of hydrogen-bond acceptors (Lipinski definition) is 3. The highest BCUT2D eigenvalue weighted by Crippen LogP contribution is 2.38. The summed E-state index contributed by atoms with van der Waals surface area (Å²) in [7, 11) is 0. The fraction of sp³-hybridized carbons (Fsp3) is 0.364. The molecule has 0 saturated heterocycles. The summed E-state index contributed by atoms with van der Waals surface area (Å²) < 4.78 is 40.4. The first kappa shape index (κ1) is 18.4. The Labute approximate surface area is 167 Å². The Morgan fingerprint density at radius 1 is 1.07 bits per heavy atom. The molecule has 150 valence electrons. The quantitative estimate of drug-likeness (QED) is 0.638. The monoisotopic (exact) mass is 398 g/mol. The van der Waals surface area contributed by atoms with Crippen molar-refractivity contribution in [1.82, 2.24) is 19.4 Å². The van der Waals surface area contributed by atoms with Crippen LogP contribution in [0.3, 0.4) is 0 Å². The maximum absolute atomic E-state index is 12.8. The molecule has 1 saturated carbocycles. The molecule has 4 nitrogen and oxygen atoms in total. The molecular weight excluding hydrogens is 377 g/mol. The molecule has 2 aliphatic rings. The van der Waals surface area contributed by atoms with Crippen molar-refractivity contribution in [3.05, 3.63) is 77.1 Å². The number of nitrogens with zero attached hydrogens (tertiary/aromatic N) is 4. The van der Waals surface area contributed by atoms with Crippen LogP contribution in [0.5, 0.6) is 0 Å². The fourth-order valence-electron chi connectivity index (χ4n) is 3.90. The van der Waals surface area contributed by atoms with Gasteiger partial charge in [0.15, 0.2) is 0 Å². The summed E-state index contributed by atoms with van der Waals surface area (Å²) in [5.41, 5.74) is 3.48. The normalized spacial score (nSPS) is 17.3. The van der Waals surface area contributed by atoms with Gasteiger partial charge in [0.25, 0.3) is 0 Å². The van der Waals surface area contributed by atoms with Gasteiger partial charge >= 0.3 is 6.18 Å². The Kier molecular flexibility index (Phi) is 4.42. The Hall–Kier alpha value is -2.67. The number of alkyl halides is 3. The predicted molar refractivity (Wildman–Crippen MR) is 103 cm³/mol. The average molecular weight is 398 g/mol. The largest absolute Gasteiger partial charge is 0.416 e. The minimum absolute atomic E-state index is 0.561. The lowest BCUT2D eigenvalue weighted by Gasteiger charge is -2.28. The Morgan fingerprint density at radius 3 is 2.59 bits per heavy atom. The van der Waals surface area contributed by atoms with Gasteiger partial charge in [0.2, 0.25) is 0 Å². The lowest BCUT2D eigenvalue weighted by atomic mass is 10.1. The van der Waals surface area contributed by atoms with Crippen LogP contribution >= 0.6 is 0 Å². The van der Waals surface area contributed by atoms with Crippen molar-refractivity contribution in [2.24, 2.45) is 0 Å². The number of benzene rings is 1. The van der Waals surface area contributed by atoms with Crippen LogP contribution in [0.1, 0.15) is 47.1 Å². The van der Waals surface area contributed by atoms with E-state index in [-0.39, 0.29) is 0 Å². The second-order valence-electron chi connectivity index (χ2n) is 7.85. The summed E-state index contributed by atoms with van der Waals surface area (Å²) in [5.74, 6) is 1.55. The first-order chi connectivity index (χ1) is 14.0. The first-order valence-electron chi connectivity index (χ1n) is 9.88. The summed E-state index contributed by atoms with van der Waals surface area (Å²) in [4.78, 5) is 11.6. The predicted octanol–water partition coefficient (Wildman–Crippen LogP) is 4.72. The van der Waals surface area contributed by atoms with Crippen molar-refractivity contribution in [2.75, 3.05) is 6.54 Å². The van der Waals surface area contributed by atoms with Crippen LogP contribution in [0.4, 0.5) is 13.2 Å². The Morgan fingerprint density at radius 2 is 1.86 bits per heavy atom. The molecule has 1 aliphatic carbocycles. The van der Waals surface area contributed by atoms with Crippen LogP contribution in [0.2, 0.25) is 0 Å². The molecular formula is C22H21F3N4. The van der Waals surface area contributed by atoms with E-state index in [1.54, 1.807) is 0 Å². The van der Waals surface area contributed by atoms with Gasteiger partial charge in [-0.05, 0) is 49.2 Å². The molecule has 0 amide bonds. The van der Waals surface area contributed by atoms with Gasteiger partial charge in [-0.2, -0.15) is 13.2 Å². The second kappa shape index (κ2) is 6.99. The zero-order valence-corrected chi connectivity index (χ0v) is 15.9. The summed E-state index contributed by atoms with van der Waals surface area (Å²) in [6.45, 7) is 2.42. The zero-order chi connectivity index (χ0) is 20.0. The number of aromatic nitrogens is 3. The van der Waals surface area contributed by atoms with E-state index in [0.717, 1.165) is 61.1 Å². The lowest BCUT2D eigenvalue weighted by molar-refractivity contribution is -0.137. The minimum atomic E-state index is -4.32. The molecule has 0 spiro atoms. The molecule has 3 heterocycles.